The number of phenolic OH excluding ortho intramolecular Hbond substituents is 1. The van der Waals surface area contributed by atoms with Crippen LogP contribution in [-0.2, 0) is 11.3 Å². The zero-order valence-electron chi connectivity index (χ0n) is 18.5. The fraction of sp³-hybridized carbons (Fsp3) is 0.120. The number of fused-ring (bicyclic) bond motifs is 1. The zero-order chi connectivity index (χ0) is 24.2. The SMILES string of the molecule is CNc1nc(N)nc2ccc(COC(=O)c3ccccc3OC(=O)c3ccccc3O)c(C)c12. The van der Waals surface area contributed by atoms with Gasteiger partial charge in [0, 0.05) is 12.4 Å². The Morgan fingerprint density at radius 1 is 0.971 bits per heavy atom. The van der Waals surface area contributed by atoms with Crippen LogP contribution in [-0.4, -0.2) is 34.1 Å². The number of aromatic hydroxyl groups is 1. The van der Waals surface area contributed by atoms with Gasteiger partial charge in [-0.05, 0) is 48.4 Å². The smallest absolute Gasteiger partial charge is 0.347 e. The summed E-state index contributed by atoms with van der Waals surface area (Å²) in [5.41, 5.74) is 8.10. The van der Waals surface area contributed by atoms with Crippen molar-refractivity contribution in [2.75, 3.05) is 18.1 Å². The summed E-state index contributed by atoms with van der Waals surface area (Å²) in [4.78, 5) is 33.8. The van der Waals surface area contributed by atoms with Gasteiger partial charge in [0.1, 0.15) is 35.1 Å². The molecule has 0 saturated carbocycles. The van der Waals surface area contributed by atoms with Gasteiger partial charge in [0.15, 0.2) is 0 Å². The Morgan fingerprint density at radius 2 is 1.68 bits per heavy atom. The molecule has 1 heterocycles. The Bertz CT molecular complexity index is 1400. The fourth-order valence-corrected chi connectivity index (χ4v) is 3.54. The third kappa shape index (κ3) is 4.44. The quantitative estimate of drug-likeness (QED) is 0.291. The molecule has 0 bridgehead atoms. The minimum atomic E-state index is -0.789. The summed E-state index contributed by atoms with van der Waals surface area (Å²) in [5, 5.41) is 13.7. The molecule has 172 valence electrons. The van der Waals surface area contributed by atoms with Crippen LogP contribution in [0.1, 0.15) is 31.8 Å². The highest BCUT2D eigenvalue weighted by atomic mass is 16.5. The topological polar surface area (TPSA) is 137 Å². The van der Waals surface area contributed by atoms with Crippen molar-refractivity contribution >= 4 is 34.6 Å². The van der Waals surface area contributed by atoms with Gasteiger partial charge in [-0.3, -0.25) is 0 Å². The Kier molecular flexibility index (Phi) is 6.26. The molecule has 0 spiro atoms. The number of carbonyl (C=O) groups is 2. The summed E-state index contributed by atoms with van der Waals surface area (Å²) in [6.07, 6.45) is 0. The van der Waals surface area contributed by atoms with E-state index in [1.807, 2.05) is 6.92 Å². The van der Waals surface area contributed by atoms with Crippen LogP contribution < -0.4 is 15.8 Å². The van der Waals surface area contributed by atoms with Crippen molar-refractivity contribution in [1.82, 2.24) is 9.97 Å². The predicted octanol–water partition coefficient (Wildman–Crippen LogP) is 3.84. The number of anilines is 2. The maximum Gasteiger partial charge on any atom is 0.347 e. The number of rotatable bonds is 6. The molecule has 3 aromatic carbocycles. The van der Waals surface area contributed by atoms with Crippen molar-refractivity contribution < 1.29 is 24.2 Å². The number of nitrogens with two attached hydrogens (primary N) is 1. The molecule has 0 amide bonds. The molecule has 4 rings (SSSR count). The summed E-state index contributed by atoms with van der Waals surface area (Å²) in [7, 11) is 1.74. The van der Waals surface area contributed by atoms with E-state index in [0.717, 1.165) is 16.5 Å². The number of hydrogen-bond acceptors (Lipinski definition) is 9. The lowest BCUT2D eigenvalue weighted by molar-refractivity contribution is 0.0467. The number of aryl methyl sites for hydroxylation is 1. The molecule has 0 aliphatic carbocycles. The summed E-state index contributed by atoms with van der Waals surface area (Å²) in [6, 6.07) is 15.8. The maximum atomic E-state index is 12.8. The number of hydrogen-bond donors (Lipinski definition) is 3. The molecule has 0 aliphatic rings. The maximum absolute atomic E-state index is 12.8. The minimum absolute atomic E-state index is 0.0133. The molecule has 9 heteroatoms. The van der Waals surface area contributed by atoms with Crippen molar-refractivity contribution in [3.8, 4) is 11.5 Å². The van der Waals surface area contributed by atoms with Gasteiger partial charge in [0.25, 0.3) is 0 Å². The molecular weight excluding hydrogens is 436 g/mol. The number of carbonyl (C=O) groups excluding carboxylic acids is 2. The average Bonchev–Trinajstić information content (AvgIpc) is 2.83. The number of nitrogens with one attached hydrogen (secondary N) is 1. The van der Waals surface area contributed by atoms with Crippen LogP contribution in [0.3, 0.4) is 0 Å². The van der Waals surface area contributed by atoms with Gasteiger partial charge in [-0.2, -0.15) is 4.98 Å². The van der Waals surface area contributed by atoms with Crippen LogP contribution >= 0.6 is 0 Å². The lowest BCUT2D eigenvalue weighted by Crippen LogP contribution is -2.13. The van der Waals surface area contributed by atoms with E-state index in [1.165, 1.54) is 24.3 Å². The van der Waals surface area contributed by atoms with Crippen molar-refractivity contribution in [2.45, 2.75) is 13.5 Å². The number of phenols is 1. The molecule has 0 unspecified atom stereocenters. The Balaban J connectivity index is 1.55. The molecule has 1 aromatic heterocycles. The van der Waals surface area contributed by atoms with E-state index in [4.69, 9.17) is 15.2 Å². The van der Waals surface area contributed by atoms with Crippen LogP contribution in [0.15, 0.2) is 60.7 Å². The van der Waals surface area contributed by atoms with Crippen LogP contribution in [0.2, 0.25) is 0 Å². The van der Waals surface area contributed by atoms with Crippen LogP contribution in [0.4, 0.5) is 11.8 Å². The standard InChI is InChI=1S/C25H22N4O5/c1-14-15(11-12-18-21(14)22(27-2)29-25(26)28-18)13-33-23(31)17-8-4-6-10-20(17)34-24(32)16-7-3-5-9-19(16)30/h3-12,30H,13H2,1-2H3,(H3,26,27,28,29). The molecule has 0 fully saturated rings. The summed E-state index contributed by atoms with van der Waals surface area (Å²) in [5.74, 6) is -0.909. The van der Waals surface area contributed by atoms with Gasteiger partial charge >= 0.3 is 11.9 Å². The molecular formula is C25H22N4O5. The third-order valence-electron chi connectivity index (χ3n) is 5.28. The average molecular weight is 458 g/mol. The zero-order valence-corrected chi connectivity index (χ0v) is 18.5. The van der Waals surface area contributed by atoms with Gasteiger partial charge < -0.3 is 25.6 Å². The minimum Gasteiger partial charge on any atom is -0.507 e. The van der Waals surface area contributed by atoms with Gasteiger partial charge in [-0.15, -0.1) is 0 Å². The number of nitrogens with zero attached hydrogens (tertiary/aromatic N) is 2. The van der Waals surface area contributed by atoms with Crippen LogP contribution in [0.25, 0.3) is 10.9 Å². The van der Waals surface area contributed by atoms with Gasteiger partial charge in [-0.1, -0.05) is 30.3 Å². The molecule has 4 N–H and O–H groups in total. The number of para-hydroxylation sites is 2. The number of benzene rings is 3. The van der Waals surface area contributed by atoms with Crippen molar-refractivity contribution in [3.05, 3.63) is 82.9 Å². The first-order valence-electron chi connectivity index (χ1n) is 10.4. The molecule has 9 nitrogen and oxygen atoms in total. The first-order chi connectivity index (χ1) is 16.4. The van der Waals surface area contributed by atoms with Crippen LogP contribution in [0, 0.1) is 6.92 Å². The number of ether oxygens (including phenoxy) is 2. The first-order valence-corrected chi connectivity index (χ1v) is 10.4. The van der Waals surface area contributed by atoms with E-state index in [0.29, 0.717) is 11.3 Å². The van der Waals surface area contributed by atoms with Crippen molar-refractivity contribution in [2.24, 2.45) is 0 Å². The third-order valence-corrected chi connectivity index (χ3v) is 5.28. The van der Waals surface area contributed by atoms with E-state index >= 15 is 0 Å². The summed E-state index contributed by atoms with van der Waals surface area (Å²) in [6.45, 7) is 1.86. The highest BCUT2D eigenvalue weighted by molar-refractivity contribution is 5.97. The Labute approximate surface area is 195 Å². The first kappa shape index (κ1) is 22.5. The van der Waals surface area contributed by atoms with Crippen molar-refractivity contribution in [1.29, 1.82) is 0 Å². The summed E-state index contributed by atoms with van der Waals surface area (Å²) >= 11 is 0. The highest BCUT2D eigenvalue weighted by Gasteiger charge is 2.20. The second-order valence-electron chi connectivity index (χ2n) is 7.40. The molecule has 34 heavy (non-hydrogen) atoms. The van der Waals surface area contributed by atoms with E-state index in [-0.39, 0.29) is 35.2 Å². The van der Waals surface area contributed by atoms with Gasteiger partial charge in [0.2, 0.25) is 5.95 Å². The second kappa shape index (κ2) is 9.45. The number of nitrogen functional groups attached to an aromatic ring is 1. The monoisotopic (exact) mass is 458 g/mol. The second-order valence-corrected chi connectivity index (χ2v) is 7.40. The summed E-state index contributed by atoms with van der Waals surface area (Å²) < 4.78 is 10.9. The van der Waals surface area contributed by atoms with Gasteiger partial charge in [-0.25, -0.2) is 14.6 Å². The van der Waals surface area contributed by atoms with Crippen molar-refractivity contribution in [3.63, 3.8) is 0 Å². The molecule has 0 radical (unpaired) electrons. The molecule has 0 saturated heterocycles. The Morgan fingerprint density at radius 3 is 2.41 bits per heavy atom. The predicted molar refractivity (Wildman–Crippen MR) is 127 cm³/mol. The highest BCUT2D eigenvalue weighted by Crippen LogP contribution is 2.28. The van der Waals surface area contributed by atoms with Crippen LogP contribution in [0.5, 0.6) is 11.5 Å². The molecule has 4 aromatic rings. The number of esters is 2. The molecule has 0 aliphatic heterocycles. The van der Waals surface area contributed by atoms with E-state index in [2.05, 4.69) is 15.3 Å². The number of aromatic nitrogens is 2. The Hall–Kier alpha value is -4.66. The lowest BCUT2D eigenvalue weighted by Gasteiger charge is -2.14. The normalized spacial score (nSPS) is 10.6. The van der Waals surface area contributed by atoms with E-state index in [1.54, 1.807) is 43.4 Å². The van der Waals surface area contributed by atoms with Gasteiger partial charge in [0.05, 0.1) is 5.52 Å². The van der Waals surface area contributed by atoms with E-state index < -0.39 is 11.9 Å². The lowest BCUT2D eigenvalue weighted by atomic mass is 10.0. The largest absolute Gasteiger partial charge is 0.507 e. The van der Waals surface area contributed by atoms with E-state index in [9.17, 15) is 14.7 Å². The fourth-order valence-electron chi connectivity index (χ4n) is 3.54. The molecule has 0 atom stereocenters.